The fourth-order valence-corrected chi connectivity index (χ4v) is 5.77. The van der Waals surface area contributed by atoms with Crippen molar-refractivity contribution in [2.75, 3.05) is 0 Å². The van der Waals surface area contributed by atoms with Gasteiger partial charge in [0.05, 0.1) is 14.6 Å². The lowest BCUT2D eigenvalue weighted by atomic mass is 10.1. The molecule has 0 aliphatic carbocycles. The molecule has 0 spiro atoms. The molecule has 0 aliphatic heterocycles. The Labute approximate surface area is 165 Å². The Morgan fingerprint density at radius 2 is 1.70 bits per heavy atom. The Hall–Kier alpha value is -2.32. The average Bonchev–Trinajstić information content (AvgIpc) is 3.37. The van der Waals surface area contributed by atoms with E-state index in [-0.39, 0.29) is 17.2 Å². The number of sulfonamides is 1. The second-order valence-electron chi connectivity index (χ2n) is 5.87. The molecule has 0 fully saturated rings. The highest BCUT2D eigenvalue weighted by molar-refractivity contribution is 7.89. The van der Waals surface area contributed by atoms with E-state index in [1.54, 1.807) is 36.4 Å². The molecule has 0 amide bonds. The third kappa shape index (κ3) is 3.72. The molecule has 0 radical (unpaired) electrons. The van der Waals surface area contributed by atoms with Gasteiger partial charge in [-0.3, -0.25) is 4.79 Å². The van der Waals surface area contributed by atoms with Crippen LogP contribution in [0.1, 0.15) is 19.4 Å². The van der Waals surface area contributed by atoms with Crippen LogP contribution < -0.4 is 4.72 Å². The van der Waals surface area contributed by atoms with Crippen LogP contribution in [0.2, 0.25) is 0 Å². The number of nitrogens with one attached hydrogen (secondary N) is 1. The van der Waals surface area contributed by atoms with Crippen LogP contribution in [0.15, 0.2) is 77.0 Å². The van der Waals surface area contributed by atoms with Gasteiger partial charge >= 0.3 is 0 Å². The summed E-state index contributed by atoms with van der Waals surface area (Å²) in [5, 5.41) is 3.42. The van der Waals surface area contributed by atoms with Gasteiger partial charge in [-0.1, -0.05) is 42.5 Å². The van der Waals surface area contributed by atoms with E-state index in [9.17, 15) is 13.2 Å². The van der Waals surface area contributed by atoms with Gasteiger partial charge in [0.2, 0.25) is 15.8 Å². The SMILES string of the molecule is O=C(c1cccs1)c1ccc(CNS(=O)(=O)c2cccc3ccccc23)s1. The molecule has 0 unspecified atom stereocenters. The zero-order valence-electron chi connectivity index (χ0n) is 14.1. The highest BCUT2D eigenvalue weighted by Gasteiger charge is 2.18. The lowest BCUT2D eigenvalue weighted by molar-refractivity contribution is 0.104. The first kappa shape index (κ1) is 18.1. The van der Waals surface area contributed by atoms with Crippen LogP contribution in [-0.2, 0) is 16.6 Å². The van der Waals surface area contributed by atoms with Gasteiger partial charge in [0.1, 0.15) is 0 Å². The Balaban J connectivity index is 1.54. The van der Waals surface area contributed by atoms with Gasteiger partial charge in [0, 0.05) is 16.8 Å². The zero-order chi connectivity index (χ0) is 18.9. The smallest absolute Gasteiger partial charge is 0.241 e. The molecule has 2 heterocycles. The number of benzene rings is 2. The molecule has 0 saturated carbocycles. The topological polar surface area (TPSA) is 63.2 Å². The van der Waals surface area contributed by atoms with Crippen molar-refractivity contribution in [2.45, 2.75) is 11.4 Å². The van der Waals surface area contributed by atoms with Crippen molar-refractivity contribution in [3.63, 3.8) is 0 Å². The summed E-state index contributed by atoms with van der Waals surface area (Å²) < 4.78 is 28.2. The van der Waals surface area contributed by atoms with Gasteiger partial charge in [-0.2, -0.15) is 0 Å². The Kier molecular flexibility index (Phi) is 4.92. The first-order valence-electron chi connectivity index (χ1n) is 8.19. The molecule has 1 N–H and O–H groups in total. The number of carbonyl (C=O) groups excluding carboxylic acids is 1. The Bertz CT molecular complexity index is 1200. The van der Waals surface area contributed by atoms with Gasteiger partial charge in [0.15, 0.2) is 0 Å². The molecule has 0 atom stereocenters. The summed E-state index contributed by atoms with van der Waals surface area (Å²) in [6.07, 6.45) is 0. The summed E-state index contributed by atoms with van der Waals surface area (Å²) in [4.78, 5) is 14.7. The number of thiophene rings is 2. The van der Waals surface area contributed by atoms with E-state index in [1.807, 2.05) is 35.7 Å². The summed E-state index contributed by atoms with van der Waals surface area (Å²) in [5.74, 6) is -0.0295. The van der Waals surface area contributed by atoms with Crippen LogP contribution in [0.3, 0.4) is 0 Å². The Morgan fingerprint density at radius 3 is 2.52 bits per heavy atom. The standard InChI is InChI=1S/C20H15NO3S3/c22-20(17-8-4-12-25-17)18-11-10-15(26-18)13-21-27(23,24)19-9-3-6-14-5-1-2-7-16(14)19/h1-12,21H,13H2. The number of rotatable bonds is 6. The Morgan fingerprint density at radius 1 is 0.889 bits per heavy atom. The minimum absolute atomic E-state index is 0.0295. The van der Waals surface area contributed by atoms with Crippen molar-refractivity contribution in [2.24, 2.45) is 0 Å². The van der Waals surface area contributed by atoms with E-state index < -0.39 is 10.0 Å². The summed E-state index contributed by atoms with van der Waals surface area (Å²) in [6, 6.07) is 19.8. The van der Waals surface area contributed by atoms with E-state index >= 15 is 0 Å². The third-order valence-electron chi connectivity index (χ3n) is 4.11. The van der Waals surface area contributed by atoms with Gasteiger partial charge in [-0.25, -0.2) is 13.1 Å². The third-order valence-corrected chi connectivity index (χ3v) is 7.52. The highest BCUT2D eigenvalue weighted by atomic mass is 32.2. The second-order valence-corrected chi connectivity index (χ2v) is 9.73. The molecule has 7 heteroatoms. The lowest BCUT2D eigenvalue weighted by Crippen LogP contribution is -2.23. The van der Waals surface area contributed by atoms with Crippen LogP contribution in [0.4, 0.5) is 0 Å². The minimum Gasteiger partial charge on any atom is -0.287 e. The number of ketones is 1. The number of hydrogen-bond donors (Lipinski definition) is 1. The molecular weight excluding hydrogens is 398 g/mol. The van der Waals surface area contributed by atoms with Gasteiger partial charge < -0.3 is 0 Å². The summed E-state index contributed by atoms with van der Waals surface area (Å²) in [7, 11) is -3.67. The fourth-order valence-electron chi connectivity index (χ4n) is 2.80. The lowest BCUT2D eigenvalue weighted by Gasteiger charge is -2.09. The molecule has 4 aromatic rings. The monoisotopic (exact) mass is 413 g/mol. The first-order valence-corrected chi connectivity index (χ1v) is 11.4. The largest absolute Gasteiger partial charge is 0.287 e. The van der Waals surface area contributed by atoms with E-state index in [2.05, 4.69) is 4.72 Å². The molecule has 4 nitrogen and oxygen atoms in total. The number of carbonyl (C=O) groups is 1. The summed E-state index contributed by atoms with van der Waals surface area (Å²) in [5.41, 5.74) is 0. The first-order chi connectivity index (χ1) is 13.0. The molecule has 4 rings (SSSR count). The predicted octanol–water partition coefficient (Wildman–Crippen LogP) is 4.67. The van der Waals surface area contributed by atoms with Gasteiger partial charge in [0.25, 0.3) is 0 Å². The van der Waals surface area contributed by atoms with Crippen LogP contribution in [0.25, 0.3) is 10.8 Å². The van der Waals surface area contributed by atoms with Gasteiger partial charge in [-0.15, -0.1) is 22.7 Å². The summed E-state index contributed by atoms with van der Waals surface area (Å²) >= 11 is 2.71. The fraction of sp³-hybridized carbons (Fsp3) is 0.0500. The highest BCUT2D eigenvalue weighted by Crippen LogP contribution is 2.25. The van der Waals surface area contributed by atoms with E-state index in [0.717, 1.165) is 10.3 Å². The number of fused-ring (bicyclic) bond motifs is 1. The zero-order valence-corrected chi connectivity index (χ0v) is 16.5. The van der Waals surface area contributed by atoms with E-state index in [4.69, 9.17) is 0 Å². The molecule has 136 valence electrons. The van der Waals surface area contributed by atoms with Crippen molar-refractivity contribution in [3.05, 3.63) is 86.7 Å². The van der Waals surface area contributed by atoms with Gasteiger partial charge in [-0.05, 0) is 35.0 Å². The molecule has 0 saturated heterocycles. The van der Waals surface area contributed by atoms with Crippen LogP contribution in [-0.4, -0.2) is 14.2 Å². The quantitative estimate of drug-likeness (QED) is 0.467. The molecule has 0 aliphatic rings. The van der Waals surface area contributed by atoms with Crippen molar-refractivity contribution in [1.29, 1.82) is 0 Å². The normalized spacial score (nSPS) is 11.7. The van der Waals surface area contributed by atoms with Crippen LogP contribution in [0.5, 0.6) is 0 Å². The maximum absolute atomic E-state index is 12.8. The number of hydrogen-bond acceptors (Lipinski definition) is 5. The maximum atomic E-state index is 12.8. The minimum atomic E-state index is -3.67. The maximum Gasteiger partial charge on any atom is 0.241 e. The molecule has 2 aromatic carbocycles. The molecule has 2 aromatic heterocycles. The van der Waals surface area contributed by atoms with Crippen molar-refractivity contribution < 1.29 is 13.2 Å². The van der Waals surface area contributed by atoms with E-state index in [1.165, 1.54) is 22.7 Å². The van der Waals surface area contributed by atoms with Crippen LogP contribution >= 0.6 is 22.7 Å². The van der Waals surface area contributed by atoms with E-state index in [0.29, 0.717) is 15.1 Å². The van der Waals surface area contributed by atoms with Crippen LogP contribution in [0, 0.1) is 0 Å². The molecule has 0 bridgehead atoms. The summed E-state index contributed by atoms with van der Waals surface area (Å²) in [6.45, 7) is 0.147. The van der Waals surface area contributed by atoms with Crippen molar-refractivity contribution >= 4 is 49.3 Å². The molecular formula is C20H15NO3S3. The predicted molar refractivity (Wildman–Crippen MR) is 110 cm³/mol. The van der Waals surface area contributed by atoms with Crippen molar-refractivity contribution in [3.8, 4) is 0 Å². The second kappa shape index (κ2) is 7.36. The van der Waals surface area contributed by atoms with Crippen molar-refractivity contribution in [1.82, 2.24) is 4.72 Å². The molecule has 27 heavy (non-hydrogen) atoms. The average molecular weight is 414 g/mol.